The maximum absolute atomic E-state index is 12.2. The van der Waals surface area contributed by atoms with Gasteiger partial charge >= 0.3 is 5.97 Å². The SMILES string of the molecule is C[C@H](N=C1NS(=O)(=O)c2ccccc21)C(=O)O[C@H](C)C(=O)NC(C)(C)C. The van der Waals surface area contributed by atoms with E-state index in [9.17, 15) is 18.0 Å². The Labute approximate surface area is 153 Å². The number of hydrogen-bond acceptors (Lipinski definition) is 6. The number of aliphatic imine (C=N–C) groups is 1. The zero-order chi connectivity index (χ0) is 19.7. The molecule has 1 aliphatic rings. The third-order valence-corrected chi connectivity index (χ3v) is 4.88. The predicted octanol–water partition coefficient (Wildman–Crippen LogP) is 0.960. The van der Waals surface area contributed by atoms with Crippen molar-refractivity contribution in [2.75, 3.05) is 0 Å². The molecule has 0 spiro atoms. The Kier molecular flexibility index (Phi) is 5.41. The molecule has 0 aliphatic carbocycles. The van der Waals surface area contributed by atoms with Crippen molar-refractivity contribution < 1.29 is 22.7 Å². The zero-order valence-electron chi connectivity index (χ0n) is 15.4. The quantitative estimate of drug-likeness (QED) is 0.754. The van der Waals surface area contributed by atoms with Crippen LogP contribution in [0, 0.1) is 0 Å². The highest BCUT2D eigenvalue weighted by Gasteiger charge is 2.32. The van der Waals surface area contributed by atoms with Crippen LogP contribution in [0.1, 0.15) is 40.2 Å². The van der Waals surface area contributed by atoms with Gasteiger partial charge in [0.05, 0.1) is 4.90 Å². The van der Waals surface area contributed by atoms with Crippen LogP contribution in [0.15, 0.2) is 34.2 Å². The van der Waals surface area contributed by atoms with Gasteiger partial charge in [0.25, 0.3) is 15.9 Å². The van der Waals surface area contributed by atoms with Crippen LogP contribution in [0.25, 0.3) is 0 Å². The average molecular weight is 381 g/mol. The van der Waals surface area contributed by atoms with Gasteiger partial charge in [0.1, 0.15) is 11.9 Å². The van der Waals surface area contributed by atoms with Crippen molar-refractivity contribution >= 4 is 27.7 Å². The molecule has 2 rings (SSSR count). The van der Waals surface area contributed by atoms with Crippen molar-refractivity contribution in [3.8, 4) is 0 Å². The van der Waals surface area contributed by atoms with E-state index in [4.69, 9.17) is 4.74 Å². The van der Waals surface area contributed by atoms with E-state index in [-0.39, 0.29) is 10.7 Å². The van der Waals surface area contributed by atoms with Crippen molar-refractivity contribution in [3.63, 3.8) is 0 Å². The Balaban J connectivity index is 2.10. The predicted molar refractivity (Wildman–Crippen MR) is 96.2 cm³/mol. The van der Waals surface area contributed by atoms with Gasteiger partial charge in [0.2, 0.25) is 0 Å². The number of hydrogen-bond donors (Lipinski definition) is 2. The van der Waals surface area contributed by atoms with Crippen LogP contribution in [0.5, 0.6) is 0 Å². The first-order valence-corrected chi connectivity index (χ1v) is 9.61. The maximum Gasteiger partial charge on any atom is 0.331 e. The summed E-state index contributed by atoms with van der Waals surface area (Å²) < 4.78 is 31.6. The standard InChI is InChI=1S/C17H23N3O5S/c1-10(16(22)25-11(2)15(21)19-17(3,4)5)18-14-12-8-6-7-9-13(12)26(23,24)20-14/h6-11H,1-5H3,(H,18,20)(H,19,21)/t10-,11+/m0/s1. The molecule has 8 nitrogen and oxygen atoms in total. The number of nitrogens with one attached hydrogen (secondary N) is 2. The summed E-state index contributed by atoms with van der Waals surface area (Å²) in [6.07, 6.45) is -0.989. The lowest BCUT2D eigenvalue weighted by Gasteiger charge is -2.23. The van der Waals surface area contributed by atoms with E-state index in [1.165, 1.54) is 19.9 Å². The summed E-state index contributed by atoms with van der Waals surface area (Å²) in [4.78, 5) is 28.4. The van der Waals surface area contributed by atoms with E-state index in [2.05, 4.69) is 15.0 Å². The number of carbonyl (C=O) groups is 2. The first-order chi connectivity index (χ1) is 11.9. The fraction of sp³-hybridized carbons (Fsp3) is 0.471. The monoisotopic (exact) mass is 381 g/mol. The highest BCUT2D eigenvalue weighted by molar-refractivity contribution is 7.90. The highest BCUT2D eigenvalue weighted by Crippen LogP contribution is 2.22. The fourth-order valence-electron chi connectivity index (χ4n) is 2.27. The van der Waals surface area contributed by atoms with Gasteiger partial charge in [-0.1, -0.05) is 12.1 Å². The Hall–Kier alpha value is -2.42. The van der Waals surface area contributed by atoms with Crippen molar-refractivity contribution in [3.05, 3.63) is 29.8 Å². The Bertz CT molecular complexity index is 855. The largest absolute Gasteiger partial charge is 0.451 e. The van der Waals surface area contributed by atoms with Gasteiger partial charge in [0.15, 0.2) is 6.10 Å². The molecule has 1 aromatic rings. The third kappa shape index (κ3) is 4.60. The van der Waals surface area contributed by atoms with Gasteiger partial charge < -0.3 is 10.1 Å². The van der Waals surface area contributed by atoms with Gasteiger partial charge in [-0.05, 0) is 46.8 Å². The highest BCUT2D eigenvalue weighted by atomic mass is 32.2. The minimum atomic E-state index is -3.68. The molecule has 2 N–H and O–H groups in total. The fourth-order valence-corrected chi connectivity index (χ4v) is 3.51. The van der Waals surface area contributed by atoms with Crippen LogP contribution < -0.4 is 10.0 Å². The molecule has 0 saturated heterocycles. The molecule has 0 radical (unpaired) electrons. The molecule has 142 valence electrons. The molecule has 1 aliphatic heterocycles. The van der Waals surface area contributed by atoms with Gasteiger partial charge in [-0.2, -0.15) is 0 Å². The van der Waals surface area contributed by atoms with Crippen molar-refractivity contribution in [1.29, 1.82) is 0 Å². The summed E-state index contributed by atoms with van der Waals surface area (Å²) in [6.45, 7) is 8.39. The number of sulfonamides is 1. The zero-order valence-corrected chi connectivity index (χ0v) is 16.2. The van der Waals surface area contributed by atoms with E-state index < -0.39 is 39.6 Å². The maximum atomic E-state index is 12.2. The summed E-state index contributed by atoms with van der Waals surface area (Å²) in [5.74, 6) is -1.06. The van der Waals surface area contributed by atoms with Crippen molar-refractivity contribution in [2.45, 2.75) is 57.2 Å². The molecule has 1 heterocycles. The number of amidine groups is 1. The number of amides is 1. The van der Waals surface area contributed by atoms with E-state index in [1.807, 2.05) is 20.8 Å². The molecule has 0 bridgehead atoms. The van der Waals surface area contributed by atoms with Crippen LogP contribution in [0.3, 0.4) is 0 Å². The summed E-state index contributed by atoms with van der Waals surface area (Å²) in [5.41, 5.74) is -0.0548. The minimum absolute atomic E-state index is 0.0804. The molecular weight excluding hydrogens is 358 g/mol. The Morgan fingerprint density at radius 1 is 1.19 bits per heavy atom. The Morgan fingerprint density at radius 2 is 1.81 bits per heavy atom. The molecule has 9 heteroatoms. The molecule has 0 fully saturated rings. The number of rotatable bonds is 4. The van der Waals surface area contributed by atoms with E-state index in [1.54, 1.807) is 18.2 Å². The lowest BCUT2D eigenvalue weighted by molar-refractivity contribution is -0.156. The number of esters is 1. The smallest absolute Gasteiger partial charge is 0.331 e. The molecule has 1 aromatic carbocycles. The molecule has 26 heavy (non-hydrogen) atoms. The molecular formula is C17H23N3O5S. The average Bonchev–Trinajstić information content (AvgIpc) is 2.77. The van der Waals surface area contributed by atoms with Crippen LogP contribution in [0.2, 0.25) is 0 Å². The van der Waals surface area contributed by atoms with Gasteiger partial charge in [-0.15, -0.1) is 0 Å². The number of fused-ring (bicyclic) bond motifs is 1. The molecule has 0 aromatic heterocycles. The first kappa shape index (κ1) is 19.9. The second-order valence-corrected chi connectivity index (χ2v) is 8.72. The lowest BCUT2D eigenvalue weighted by atomic mass is 10.1. The lowest BCUT2D eigenvalue weighted by Crippen LogP contribution is -2.46. The molecule has 0 saturated carbocycles. The van der Waals surface area contributed by atoms with Crippen LogP contribution in [-0.2, 0) is 24.3 Å². The Morgan fingerprint density at radius 3 is 2.42 bits per heavy atom. The van der Waals surface area contributed by atoms with Crippen molar-refractivity contribution in [2.24, 2.45) is 4.99 Å². The summed E-state index contributed by atoms with van der Waals surface area (Å²) >= 11 is 0. The normalized spacial score (nSPS) is 19.2. The van der Waals surface area contributed by atoms with E-state index >= 15 is 0 Å². The number of carbonyl (C=O) groups excluding carboxylic acids is 2. The van der Waals surface area contributed by atoms with E-state index in [0.29, 0.717) is 5.56 Å². The minimum Gasteiger partial charge on any atom is -0.451 e. The number of ether oxygens (including phenoxy) is 1. The topological polar surface area (TPSA) is 114 Å². The summed E-state index contributed by atoms with van der Waals surface area (Å²) in [5, 5.41) is 2.72. The third-order valence-electron chi connectivity index (χ3n) is 3.49. The number of benzene rings is 1. The van der Waals surface area contributed by atoms with Crippen molar-refractivity contribution in [1.82, 2.24) is 10.0 Å². The first-order valence-electron chi connectivity index (χ1n) is 8.13. The molecule has 2 atom stereocenters. The summed E-state index contributed by atoms with van der Waals surface area (Å²) in [7, 11) is -3.68. The van der Waals surface area contributed by atoms with Crippen LogP contribution >= 0.6 is 0 Å². The van der Waals surface area contributed by atoms with Crippen LogP contribution in [0.4, 0.5) is 0 Å². The van der Waals surface area contributed by atoms with E-state index in [0.717, 1.165) is 0 Å². The van der Waals surface area contributed by atoms with Gasteiger partial charge in [0, 0.05) is 11.1 Å². The molecule has 0 unspecified atom stereocenters. The van der Waals surface area contributed by atoms with Gasteiger partial charge in [-0.3, -0.25) is 14.5 Å². The van der Waals surface area contributed by atoms with Crippen LogP contribution in [-0.4, -0.2) is 43.8 Å². The van der Waals surface area contributed by atoms with Gasteiger partial charge in [-0.25, -0.2) is 13.2 Å². The molecule has 1 amide bonds. The summed E-state index contributed by atoms with van der Waals surface area (Å²) in [6, 6.07) is 5.36. The number of nitrogens with zero attached hydrogens (tertiary/aromatic N) is 1. The second kappa shape index (κ2) is 7.06. The second-order valence-electron chi connectivity index (χ2n) is 7.07.